The van der Waals surface area contributed by atoms with Crippen molar-refractivity contribution in [3.8, 4) is 0 Å². The summed E-state index contributed by atoms with van der Waals surface area (Å²) >= 11 is 0. The SMILES string of the molecule is CC(C)(C)NCCNC(=O)CCN(CCC(=O)NCCNC(C)(C)C)Cc1cn(C(C)(C)C)nn1. The lowest BCUT2D eigenvalue weighted by Gasteiger charge is -2.22. The van der Waals surface area contributed by atoms with Gasteiger partial charge >= 0.3 is 0 Å². The van der Waals surface area contributed by atoms with Crippen LogP contribution in [-0.4, -0.2) is 82.1 Å². The second kappa shape index (κ2) is 13.9. The van der Waals surface area contributed by atoms with E-state index in [1.807, 2.05) is 10.9 Å². The molecule has 10 nitrogen and oxygen atoms in total. The van der Waals surface area contributed by atoms with E-state index >= 15 is 0 Å². The van der Waals surface area contributed by atoms with E-state index in [0.717, 1.165) is 18.8 Å². The van der Waals surface area contributed by atoms with E-state index < -0.39 is 0 Å². The molecule has 0 bridgehead atoms. The molecule has 0 aliphatic carbocycles. The first-order chi connectivity index (χ1) is 16.0. The average molecular weight is 495 g/mol. The summed E-state index contributed by atoms with van der Waals surface area (Å²) < 4.78 is 1.84. The van der Waals surface area contributed by atoms with Crippen molar-refractivity contribution in [2.24, 2.45) is 0 Å². The topological polar surface area (TPSA) is 116 Å². The van der Waals surface area contributed by atoms with Gasteiger partial charge in [0.05, 0.1) is 17.4 Å². The molecule has 0 saturated carbocycles. The Kier molecular flexibility index (Phi) is 12.3. The number of carbonyl (C=O) groups is 2. The molecule has 0 aliphatic rings. The highest BCUT2D eigenvalue weighted by atomic mass is 16.2. The normalized spacial score (nSPS) is 12.7. The Bertz CT molecular complexity index is 734. The lowest BCUT2D eigenvalue weighted by Crippen LogP contribution is -2.42. The summed E-state index contributed by atoms with van der Waals surface area (Å²) in [5.74, 6) is 0.00326. The molecule has 2 amide bonds. The van der Waals surface area contributed by atoms with Crippen LogP contribution in [0.15, 0.2) is 6.20 Å². The summed E-state index contributed by atoms with van der Waals surface area (Å²) in [5, 5.41) is 21.2. The quantitative estimate of drug-likeness (QED) is 0.291. The second-order valence-corrected chi connectivity index (χ2v) is 12.2. The van der Waals surface area contributed by atoms with Gasteiger partial charge in [0.25, 0.3) is 0 Å². The third-order valence-corrected chi connectivity index (χ3v) is 5.13. The van der Waals surface area contributed by atoms with E-state index in [-0.39, 0.29) is 28.4 Å². The molecule has 1 heterocycles. The van der Waals surface area contributed by atoms with Crippen LogP contribution < -0.4 is 21.3 Å². The second-order valence-electron chi connectivity index (χ2n) is 12.2. The van der Waals surface area contributed by atoms with E-state index in [1.165, 1.54) is 0 Å². The van der Waals surface area contributed by atoms with Crippen molar-refractivity contribution in [2.75, 3.05) is 39.3 Å². The van der Waals surface area contributed by atoms with Crippen LogP contribution in [0.4, 0.5) is 0 Å². The molecule has 202 valence electrons. The van der Waals surface area contributed by atoms with Crippen LogP contribution in [-0.2, 0) is 21.7 Å². The monoisotopic (exact) mass is 494 g/mol. The number of hydrogen-bond donors (Lipinski definition) is 4. The van der Waals surface area contributed by atoms with Crippen LogP contribution in [0.3, 0.4) is 0 Å². The van der Waals surface area contributed by atoms with Crippen LogP contribution in [0.2, 0.25) is 0 Å². The molecule has 0 atom stereocenters. The van der Waals surface area contributed by atoms with Gasteiger partial charge in [0.1, 0.15) is 0 Å². The van der Waals surface area contributed by atoms with Crippen molar-refractivity contribution in [2.45, 2.75) is 98.3 Å². The molecule has 0 fully saturated rings. The Morgan fingerprint density at radius 1 is 0.800 bits per heavy atom. The fraction of sp³-hybridized carbons (Fsp3) is 0.840. The highest BCUT2D eigenvalue weighted by Gasteiger charge is 2.18. The zero-order chi connectivity index (χ0) is 26.7. The van der Waals surface area contributed by atoms with Crippen molar-refractivity contribution in [1.29, 1.82) is 0 Å². The molecule has 1 rings (SSSR count). The number of carbonyl (C=O) groups excluding carboxylic acids is 2. The van der Waals surface area contributed by atoms with Crippen LogP contribution in [0.25, 0.3) is 0 Å². The van der Waals surface area contributed by atoms with Crippen LogP contribution >= 0.6 is 0 Å². The summed E-state index contributed by atoms with van der Waals surface area (Å²) in [6.45, 7) is 23.0. The molecular weight excluding hydrogens is 444 g/mol. The number of rotatable bonds is 14. The van der Waals surface area contributed by atoms with Crippen molar-refractivity contribution in [1.82, 2.24) is 41.2 Å². The molecule has 1 aromatic heterocycles. The Hall–Kier alpha value is -2.04. The molecule has 35 heavy (non-hydrogen) atoms. The lowest BCUT2D eigenvalue weighted by molar-refractivity contribution is -0.121. The third-order valence-electron chi connectivity index (χ3n) is 5.13. The largest absolute Gasteiger partial charge is 0.355 e. The first kappa shape index (κ1) is 31.0. The highest BCUT2D eigenvalue weighted by Crippen LogP contribution is 2.13. The Morgan fingerprint density at radius 2 is 1.26 bits per heavy atom. The van der Waals surface area contributed by atoms with Gasteiger partial charge in [0.2, 0.25) is 11.8 Å². The molecule has 0 spiro atoms. The third kappa shape index (κ3) is 15.5. The molecule has 1 aromatic rings. The van der Waals surface area contributed by atoms with Gasteiger partial charge in [-0.05, 0) is 62.3 Å². The Labute approximate surface area is 212 Å². The number of nitrogens with one attached hydrogen (secondary N) is 4. The van der Waals surface area contributed by atoms with Gasteiger partial charge in [-0.1, -0.05) is 5.21 Å². The van der Waals surface area contributed by atoms with Crippen LogP contribution in [0.1, 0.15) is 80.8 Å². The first-order valence-electron chi connectivity index (χ1n) is 12.7. The van der Waals surface area contributed by atoms with E-state index in [2.05, 4.69) is 98.8 Å². The van der Waals surface area contributed by atoms with Gasteiger partial charge in [-0.25, -0.2) is 4.68 Å². The Morgan fingerprint density at radius 3 is 1.63 bits per heavy atom. The minimum absolute atomic E-state index is 0.00163. The van der Waals surface area contributed by atoms with Crippen molar-refractivity contribution in [3.63, 3.8) is 0 Å². The molecule has 0 aromatic carbocycles. The molecule has 0 aliphatic heterocycles. The number of nitrogens with zero attached hydrogens (tertiary/aromatic N) is 4. The molecule has 10 heteroatoms. The molecule has 0 unspecified atom stereocenters. The standard InChI is InChI=1S/C25H50N8O2/c1-23(2,3)28-14-12-26-21(34)10-16-32(18-20-19-33(31-30-20)25(7,8)9)17-11-22(35)27-13-15-29-24(4,5)6/h19,28-29H,10-18H2,1-9H3,(H,26,34)(H,27,35). The minimum Gasteiger partial charge on any atom is -0.355 e. The lowest BCUT2D eigenvalue weighted by atomic mass is 10.1. The molecule has 4 N–H and O–H groups in total. The maximum absolute atomic E-state index is 12.4. The van der Waals surface area contributed by atoms with E-state index in [1.54, 1.807) is 0 Å². The van der Waals surface area contributed by atoms with Crippen molar-refractivity contribution in [3.05, 3.63) is 11.9 Å². The average Bonchev–Trinajstić information content (AvgIpc) is 3.18. The number of hydrogen-bond acceptors (Lipinski definition) is 7. The molecular formula is C25H50N8O2. The summed E-state index contributed by atoms with van der Waals surface area (Å²) in [5.41, 5.74) is 0.715. The minimum atomic E-state index is -0.155. The van der Waals surface area contributed by atoms with Crippen LogP contribution in [0, 0.1) is 0 Å². The van der Waals surface area contributed by atoms with E-state index in [0.29, 0.717) is 45.6 Å². The van der Waals surface area contributed by atoms with Gasteiger partial charge in [-0.2, -0.15) is 0 Å². The number of aromatic nitrogens is 3. The van der Waals surface area contributed by atoms with Gasteiger partial charge < -0.3 is 21.3 Å². The summed E-state index contributed by atoms with van der Waals surface area (Å²) in [4.78, 5) is 26.8. The van der Waals surface area contributed by atoms with Crippen molar-refractivity contribution >= 4 is 11.8 Å². The predicted molar refractivity (Wildman–Crippen MR) is 141 cm³/mol. The zero-order valence-electron chi connectivity index (χ0n) is 23.5. The summed E-state index contributed by atoms with van der Waals surface area (Å²) in [6.07, 6.45) is 2.66. The smallest absolute Gasteiger partial charge is 0.221 e. The fourth-order valence-electron chi connectivity index (χ4n) is 3.17. The predicted octanol–water partition coefficient (Wildman–Crippen LogP) is 1.62. The maximum Gasteiger partial charge on any atom is 0.221 e. The molecule has 0 radical (unpaired) electrons. The summed E-state index contributed by atoms with van der Waals surface area (Å²) in [7, 11) is 0. The van der Waals surface area contributed by atoms with Crippen LogP contribution in [0.5, 0.6) is 0 Å². The van der Waals surface area contributed by atoms with Gasteiger partial charge in [-0.3, -0.25) is 14.5 Å². The zero-order valence-corrected chi connectivity index (χ0v) is 23.5. The Balaban J connectivity index is 2.58. The maximum atomic E-state index is 12.4. The van der Waals surface area contributed by atoms with Gasteiger partial charge in [0.15, 0.2) is 0 Å². The first-order valence-corrected chi connectivity index (χ1v) is 12.7. The highest BCUT2D eigenvalue weighted by molar-refractivity contribution is 5.76. The van der Waals surface area contributed by atoms with E-state index in [9.17, 15) is 9.59 Å². The fourth-order valence-corrected chi connectivity index (χ4v) is 3.17. The number of amides is 2. The van der Waals surface area contributed by atoms with Gasteiger partial charge in [0, 0.05) is 69.7 Å². The van der Waals surface area contributed by atoms with Crippen molar-refractivity contribution < 1.29 is 9.59 Å². The molecule has 0 saturated heterocycles. The van der Waals surface area contributed by atoms with Gasteiger partial charge in [-0.15, -0.1) is 5.10 Å². The van der Waals surface area contributed by atoms with E-state index in [4.69, 9.17) is 0 Å². The summed E-state index contributed by atoms with van der Waals surface area (Å²) in [6, 6.07) is 0.